The van der Waals surface area contributed by atoms with Crippen LogP contribution in [0.5, 0.6) is 0 Å². The van der Waals surface area contributed by atoms with Gasteiger partial charge in [0.15, 0.2) is 0 Å². The zero-order valence-electron chi connectivity index (χ0n) is 18.5. The van der Waals surface area contributed by atoms with Crippen molar-refractivity contribution >= 4 is 33.0 Å². The molecule has 2 atom stereocenters. The average molecular weight is 467 g/mol. The van der Waals surface area contributed by atoms with Gasteiger partial charge >= 0.3 is 0 Å². The molecule has 3 N–H and O–H groups in total. The Morgan fingerprint density at radius 3 is 2.69 bits per heavy atom. The quantitative estimate of drug-likeness (QED) is 0.611. The lowest BCUT2D eigenvalue weighted by atomic mass is 9.88. The molecule has 0 aliphatic carbocycles. The average Bonchev–Trinajstić information content (AvgIpc) is 3.00. The minimum atomic E-state index is -3.02. The Morgan fingerprint density at radius 2 is 2.00 bits per heavy atom. The topological polar surface area (TPSA) is 108 Å². The minimum Gasteiger partial charge on any atom is -0.384 e. The molecule has 0 radical (unpaired) electrons. The van der Waals surface area contributed by atoms with E-state index in [2.05, 4.69) is 16.0 Å². The molecule has 0 saturated carbocycles. The summed E-state index contributed by atoms with van der Waals surface area (Å²) in [6, 6.07) is 2.65. The first-order valence-corrected chi connectivity index (χ1v) is 13.1. The van der Waals surface area contributed by atoms with Crippen LogP contribution in [-0.4, -0.2) is 62.3 Å². The SMILES string of the molecule is CCNc1cc(F)cc2c1NC(=O)C2(C)N1CCC[C@@H](NC(=O)C2CCS(=O)(=O)CC2)C1. The Bertz CT molecular complexity index is 1020. The number of nitrogens with one attached hydrogen (secondary N) is 3. The number of rotatable bonds is 5. The van der Waals surface area contributed by atoms with Crippen LogP contribution in [-0.2, 0) is 25.0 Å². The van der Waals surface area contributed by atoms with Crippen molar-refractivity contribution in [3.8, 4) is 0 Å². The number of fused-ring (bicyclic) bond motifs is 1. The maximum Gasteiger partial charge on any atom is 0.249 e. The number of hydrogen-bond acceptors (Lipinski definition) is 6. The summed E-state index contributed by atoms with van der Waals surface area (Å²) in [6.07, 6.45) is 2.27. The van der Waals surface area contributed by atoms with Gasteiger partial charge in [-0.1, -0.05) is 0 Å². The third-order valence-corrected chi connectivity index (χ3v) is 8.72. The molecule has 32 heavy (non-hydrogen) atoms. The van der Waals surface area contributed by atoms with E-state index in [1.165, 1.54) is 12.1 Å². The summed E-state index contributed by atoms with van der Waals surface area (Å²) >= 11 is 0. The Labute approximate surface area is 188 Å². The van der Waals surface area contributed by atoms with Crippen molar-refractivity contribution in [1.29, 1.82) is 0 Å². The van der Waals surface area contributed by atoms with Crippen LogP contribution in [0.25, 0.3) is 0 Å². The Morgan fingerprint density at radius 1 is 1.28 bits per heavy atom. The van der Waals surface area contributed by atoms with Gasteiger partial charge in [-0.25, -0.2) is 12.8 Å². The van der Waals surface area contributed by atoms with Crippen LogP contribution in [0.15, 0.2) is 12.1 Å². The highest BCUT2D eigenvalue weighted by molar-refractivity contribution is 7.91. The summed E-state index contributed by atoms with van der Waals surface area (Å²) < 4.78 is 37.7. The summed E-state index contributed by atoms with van der Waals surface area (Å²) in [4.78, 5) is 27.9. The first-order valence-electron chi connectivity index (χ1n) is 11.3. The number of nitrogens with zero attached hydrogens (tertiary/aromatic N) is 1. The zero-order valence-corrected chi connectivity index (χ0v) is 19.4. The molecule has 1 aromatic carbocycles. The second-order valence-electron chi connectivity index (χ2n) is 9.15. The number of carbonyl (C=O) groups is 2. The molecule has 2 saturated heterocycles. The largest absolute Gasteiger partial charge is 0.384 e. The normalized spacial score (nSPS) is 28.1. The summed E-state index contributed by atoms with van der Waals surface area (Å²) in [5.74, 6) is -0.920. The van der Waals surface area contributed by atoms with Gasteiger partial charge in [-0.2, -0.15) is 0 Å². The molecule has 0 bridgehead atoms. The van der Waals surface area contributed by atoms with Crippen LogP contribution in [0.4, 0.5) is 15.8 Å². The number of halogens is 1. The van der Waals surface area contributed by atoms with Crippen LogP contribution in [0.1, 0.15) is 45.1 Å². The summed E-state index contributed by atoms with van der Waals surface area (Å²) in [5.41, 5.74) is 0.733. The molecule has 1 aromatic rings. The number of likely N-dealkylation sites (tertiary alicyclic amines) is 1. The van der Waals surface area contributed by atoms with Crippen molar-refractivity contribution in [1.82, 2.24) is 10.2 Å². The Hall–Kier alpha value is -2.20. The van der Waals surface area contributed by atoms with Gasteiger partial charge in [0.2, 0.25) is 11.8 Å². The Kier molecular flexibility index (Phi) is 6.19. The Balaban J connectivity index is 1.50. The zero-order chi connectivity index (χ0) is 23.1. The number of anilines is 2. The number of carbonyl (C=O) groups excluding carboxylic acids is 2. The van der Waals surface area contributed by atoms with E-state index in [4.69, 9.17) is 0 Å². The lowest BCUT2D eigenvalue weighted by Crippen LogP contribution is -2.57. The van der Waals surface area contributed by atoms with Crippen molar-refractivity contribution in [3.63, 3.8) is 0 Å². The van der Waals surface area contributed by atoms with Crippen LogP contribution >= 0.6 is 0 Å². The van der Waals surface area contributed by atoms with Crippen LogP contribution < -0.4 is 16.0 Å². The van der Waals surface area contributed by atoms with Crippen molar-refractivity contribution in [2.45, 2.75) is 51.1 Å². The lowest BCUT2D eigenvalue weighted by molar-refractivity contribution is -0.129. The molecular formula is C22H31FN4O4S. The van der Waals surface area contributed by atoms with Gasteiger partial charge in [0.05, 0.1) is 22.9 Å². The highest BCUT2D eigenvalue weighted by atomic mass is 32.2. The molecule has 2 amide bonds. The smallest absolute Gasteiger partial charge is 0.249 e. The van der Waals surface area contributed by atoms with E-state index in [0.29, 0.717) is 49.4 Å². The lowest BCUT2D eigenvalue weighted by Gasteiger charge is -2.42. The maximum atomic E-state index is 14.4. The van der Waals surface area contributed by atoms with Crippen molar-refractivity contribution in [2.24, 2.45) is 5.92 Å². The molecule has 0 spiro atoms. The predicted octanol–water partition coefficient (Wildman–Crippen LogP) is 1.83. The first-order chi connectivity index (χ1) is 15.1. The number of piperidine rings is 1. The van der Waals surface area contributed by atoms with Gasteiger partial charge in [-0.05, 0) is 58.2 Å². The van der Waals surface area contributed by atoms with E-state index in [-0.39, 0.29) is 35.3 Å². The van der Waals surface area contributed by atoms with E-state index in [0.717, 1.165) is 12.8 Å². The predicted molar refractivity (Wildman–Crippen MR) is 121 cm³/mol. The van der Waals surface area contributed by atoms with Gasteiger partial charge in [0.1, 0.15) is 21.2 Å². The van der Waals surface area contributed by atoms with Gasteiger partial charge in [-0.3, -0.25) is 14.5 Å². The maximum absolute atomic E-state index is 14.4. The highest BCUT2D eigenvalue weighted by Crippen LogP contribution is 2.45. The molecule has 0 aromatic heterocycles. The molecule has 4 rings (SSSR count). The van der Waals surface area contributed by atoms with Crippen molar-refractivity contribution in [2.75, 3.05) is 41.8 Å². The summed E-state index contributed by atoms with van der Waals surface area (Å²) in [6.45, 7) is 5.44. The van der Waals surface area contributed by atoms with E-state index in [9.17, 15) is 22.4 Å². The van der Waals surface area contributed by atoms with E-state index in [1.54, 1.807) is 6.92 Å². The van der Waals surface area contributed by atoms with E-state index < -0.39 is 21.2 Å². The fourth-order valence-electron chi connectivity index (χ4n) is 5.10. The van der Waals surface area contributed by atoms with Gasteiger partial charge < -0.3 is 16.0 Å². The second kappa shape index (κ2) is 8.62. The first kappa shape index (κ1) is 23.0. The van der Waals surface area contributed by atoms with Gasteiger partial charge in [-0.15, -0.1) is 0 Å². The van der Waals surface area contributed by atoms with Gasteiger partial charge in [0.25, 0.3) is 0 Å². The van der Waals surface area contributed by atoms with Crippen LogP contribution in [0, 0.1) is 11.7 Å². The molecule has 10 heteroatoms. The fourth-order valence-corrected chi connectivity index (χ4v) is 6.59. The molecular weight excluding hydrogens is 435 g/mol. The molecule has 1 unspecified atom stereocenters. The fraction of sp³-hybridized carbons (Fsp3) is 0.636. The number of sulfone groups is 1. The molecule has 3 aliphatic heterocycles. The summed E-state index contributed by atoms with van der Waals surface area (Å²) in [5, 5.41) is 9.12. The highest BCUT2D eigenvalue weighted by Gasteiger charge is 2.49. The van der Waals surface area contributed by atoms with Gasteiger partial charge in [0, 0.05) is 30.6 Å². The third kappa shape index (κ3) is 4.22. The summed E-state index contributed by atoms with van der Waals surface area (Å²) in [7, 11) is -3.02. The van der Waals surface area contributed by atoms with Crippen molar-refractivity contribution < 1.29 is 22.4 Å². The van der Waals surface area contributed by atoms with Crippen LogP contribution in [0.3, 0.4) is 0 Å². The minimum absolute atomic E-state index is 0.0522. The molecule has 8 nitrogen and oxygen atoms in total. The molecule has 3 heterocycles. The number of hydrogen-bond donors (Lipinski definition) is 3. The third-order valence-electron chi connectivity index (χ3n) is 7.00. The van der Waals surface area contributed by atoms with Crippen molar-refractivity contribution in [3.05, 3.63) is 23.5 Å². The number of amides is 2. The van der Waals surface area contributed by atoms with E-state index >= 15 is 0 Å². The monoisotopic (exact) mass is 466 g/mol. The second-order valence-corrected chi connectivity index (χ2v) is 11.5. The van der Waals surface area contributed by atoms with Crippen LogP contribution in [0.2, 0.25) is 0 Å². The molecule has 2 fully saturated rings. The molecule has 3 aliphatic rings. The standard InChI is InChI=1S/C22H31FN4O4S/c1-3-24-18-12-15(23)11-17-19(18)26-21(29)22(17,2)27-8-4-5-16(13-27)25-20(28)14-6-9-32(30,31)10-7-14/h11-12,14,16,24H,3-10,13H2,1-2H3,(H,25,28)(H,26,29)/t16-,22?/m1/s1. The van der Waals surface area contributed by atoms with E-state index in [1.807, 2.05) is 11.8 Å². The number of benzene rings is 1. The molecule has 176 valence electrons.